The first kappa shape index (κ1) is 15.8. The summed E-state index contributed by atoms with van der Waals surface area (Å²) in [6, 6.07) is 10.1. The minimum atomic E-state index is 0.792. The van der Waals surface area contributed by atoms with Gasteiger partial charge in [-0.05, 0) is 49.7 Å². The van der Waals surface area contributed by atoms with Gasteiger partial charge in [-0.3, -0.25) is 9.88 Å². The number of ether oxygens (including phenoxy) is 1. The number of rotatable bonds is 5. The van der Waals surface area contributed by atoms with Gasteiger partial charge in [-0.25, -0.2) is 0 Å². The topological polar surface area (TPSA) is 51.4 Å². The van der Waals surface area contributed by atoms with E-state index in [0.29, 0.717) is 0 Å². The van der Waals surface area contributed by atoms with Gasteiger partial charge in [0, 0.05) is 30.4 Å². The van der Waals surface area contributed by atoms with Crippen molar-refractivity contribution >= 4 is 5.69 Å². The number of hydrogen-bond acceptors (Lipinski definition) is 4. The Balaban J connectivity index is 1.82. The summed E-state index contributed by atoms with van der Waals surface area (Å²) >= 11 is 0. The molecule has 3 rings (SSSR count). The van der Waals surface area contributed by atoms with Crippen LogP contribution in [-0.2, 0) is 13.0 Å². The Morgan fingerprint density at radius 2 is 2.00 bits per heavy atom. The highest BCUT2D eigenvalue weighted by atomic mass is 16.5. The highest BCUT2D eigenvalue weighted by molar-refractivity contribution is 5.50. The minimum Gasteiger partial charge on any atom is -0.497 e. The van der Waals surface area contributed by atoms with E-state index < -0.39 is 0 Å². The molecule has 1 fully saturated rings. The molecule has 1 aromatic carbocycles. The van der Waals surface area contributed by atoms with Crippen LogP contribution in [0.15, 0.2) is 36.5 Å². The largest absolute Gasteiger partial charge is 0.497 e. The van der Waals surface area contributed by atoms with Crippen molar-refractivity contribution < 1.29 is 4.74 Å². The first-order chi connectivity index (χ1) is 11.3. The molecule has 122 valence electrons. The number of methoxy groups -OCH3 is 1. The number of aromatic nitrogens is 1. The van der Waals surface area contributed by atoms with E-state index in [2.05, 4.69) is 22.0 Å². The maximum atomic E-state index is 6.26. The summed E-state index contributed by atoms with van der Waals surface area (Å²) in [6.07, 6.45) is 6.53. The van der Waals surface area contributed by atoms with Crippen molar-refractivity contribution in [1.29, 1.82) is 0 Å². The molecule has 0 atom stereocenters. The molecule has 4 heteroatoms. The summed E-state index contributed by atoms with van der Waals surface area (Å²) in [4.78, 5) is 7.11. The fourth-order valence-corrected chi connectivity index (χ4v) is 3.21. The average Bonchev–Trinajstić information content (AvgIpc) is 2.59. The van der Waals surface area contributed by atoms with Crippen LogP contribution in [0.1, 0.15) is 36.1 Å². The molecule has 2 aromatic rings. The lowest BCUT2D eigenvalue weighted by Crippen LogP contribution is -2.30. The molecule has 4 nitrogen and oxygen atoms in total. The summed E-state index contributed by atoms with van der Waals surface area (Å²) in [5.74, 6) is 0.877. The van der Waals surface area contributed by atoms with E-state index in [9.17, 15) is 0 Å². The molecule has 0 amide bonds. The number of anilines is 1. The molecule has 0 unspecified atom stereocenters. The number of pyridine rings is 1. The number of likely N-dealkylation sites (tertiary alicyclic amines) is 1. The van der Waals surface area contributed by atoms with Crippen molar-refractivity contribution in [3.05, 3.63) is 53.3 Å². The number of hydrogen-bond donors (Lipinski definition) is 1. The molecular formula is C19H25N3O. The van der Waals surface area contributed by atoms with E-state index in [-0.39, 0.29) is 0 Å². The summed E-state index contributed by atoms with van der Waals surface area (Å²) in [5, 5.41) is 0. The third-order valence-corrected chi connectivity index (χ3v) is 4.52. The van der Waals surface area contributed by atoms with Crippen molar-refractivity contribution in [2.45, 2.75) is 32.2 Å². The second-order valence-electron chi connectivity index (χ2n) is 6.19. The van der Waals surface area contributed by atoms with Gasteiger partial charge in [-0.2, -0.15) is 0 Å². The van der Waals surface area contributed by atoms with Crippen LogP contribution in [0.25, 0.3) is 0 Å². The zero-order chi connectivity index (χ0) is 16.1. The Kier molecular flexibility index (Phi) is 5.13. The maximum Gasteiger partial charge on any atom is 0.119 e. The lowest BCUT2D eigenvalue weighted by molar-refractivity contribution is 0.218. The highest BCUT2D eigenvalue weighted by Crippen LogP contribution is 2.23. The van der Waals surface area contributed by atoms with Gasteiger partial charge in [-0.15, -0.1) is 0 Å². The lowest BCUT2D eigenvalue weighted by atomic mass is 10.0. The molecule has 1 aliphatic rings. The van der Waals surface area contributed by atoms with E-state index in [1.165, 1.54) is 24.8 Å². The number of benzene rings is 1. The van der Waals surface area contributed by atoms with E-state index in [1.54, 1.807) is 7.11 Å². The Morgan fingerprint density at radius 3 is 2.78 bits per heavy atom. The van der Waals surface area contributed by atoms with Crippen LogP contribution in [0.3, 0.4) is 0 Å². The third kappa shape index (κ3) is 4.02. The molecule has 1 aromatic heterocycles. The Hall–Kier alpha value is -2.07. The van der Waals surface area contributed by atoms with Crippen LogP contribution in [0.4, 0.5) is 5.69 Å². The van der Waals surface area contributed by atoms with Crippen molar-refractivity contribution in [2.75, 3.05) is 25.9 Å². The van der Waals surface area contributed by atoms with Gasteiger partial charge in [0.15, 0.2) is 0 Å². The Bertz CT molecular complexity index is 651. The van der Waals surface area contributed by atoms with Crippen LogP contribution in [0.2, 0.25) is 0 Å². The van der Waals surface area contributed by atoms with Crippen LogP contribution in [0.5, 0.6) is 5.75 Å². The number of nitrogens with two attached hydrogens (primary N) is 1. The molecule has 0 spiro atoms. The second kappa shape index (κ2) is 7.47. The molecule has 2 N–H and O–H groups in total. The van der Waals surface area contributed by atoms with Crippen LogP contribution >= 0.6 is 0 Å². The molecule has 23 heavy (non-hydrogen) atoms. The molecule has 0 bridgehead atoms. The molecule has 1 saturated heterocycles. The Labute approximate surface area is 138 Å². The fourth-order valence-electron chi connectivity index (χ4n) is 3.21. The SMILES string of the molecule is COc1cccc(Cc2c(N)ccnc2CN2CCCCC2)c1. The van der Waals surface area contributed by atoms with E-state index in [1.807, 2.05) is 24.4 Å². The van der Waals surface area contributed by atoms with Crippen LogP contribution in [0, 0.1) is 0 Å². The lowest BCUT2D eigenvalue weighted by Gasteiger charge is -2.27. The smallest absolute Gasteiger partial charge is 0.119 e. The zero-order valence-corrected chi connectivity index (χ0v) is 13.8. The predicted octanol–water partition coefficient (Wildman–Crippen LogP) is 3.25. The zero-order valence-electron chi connectivity index (χ0n) is 13.8. The van der Waals surface area contributed by atoms with Gasteiger partial charge in [0.25, 0.3) is 0 Å². The standard InChI is InChI=1S/C19H25N3O/c1-23-16-7-5-6-15(12-16)13-17-18(20)8-9-21-19(17)14-22-10-3-2-4-11-22/h5-9,12H,2-4,10-11,13-14H2,1H3,(H2,20,21). The van der Waals surface area contributed by atoms with Gasteiger partial charge in [0.05, 0.1) is 12.8 Å². The van der Waals surface area contributed by atoms with Gasteiger partial charge in [0.1, 0.15) is 5.75 Å². The van der Waals surface area contributed by atoms with Crippen molar-refractivity contribution in [3.63, 3.8) is 0 Å². The maximum absolute atomic E-state index is 6.26. The molecule has 1 aliphatic heterocycles. The average molecular weight is 311 g/mol. The van der Waals surface area contributed by atoms with Crippen molar-refractivity contribution in [2.24, 2.45) is 0 Å². The van der Waals surface area contributed by atoms with Gasteiger partial charge < -0.3 is 10.5 Å². The van der Waals surface area contributed by atoms with E-state index >= 15 is 0 Å². The van der Waals surface area contributed by atoms with Crippen LogP contribution in [-0.4, -0.2) is 30.1 Å². The first-order valence-electron chi connectivity index (χ1n) is 8.34. The van der Waals surface area contributed by atoms with Crippen molar-refractivity contribution in [1.82, 2.24) is 9.88 Å². The first-order valence-corrected chi connectivity index (χ1v) is 8.34. The van der Waals surface area contributed by atoms with E-state index in [4.69, 9.17) is 10.5 Å². The summed E-state index contributed by atoms with van der Waals surface area (Å²) in [6.45, 7) is 3.22. The minimum absolute atomic E-state index is 0.792. The highest BCUT2D eigenvalue weighted by Gasteiger charge is 2.15. The Morgan fingerprint density at radius 1 is 1.17 bits per heavy atom. The molecule has 0 aliphatic carbocycles. The molecule has 0 radical (unpaired) electrons. The molecule has 2 heterocycles. The second-order valence-corrected chi connectivity index (χ2v) is 6.19. The normalized spacial score (nSPS) is 15.5. The summed E-state index contributed by atoms with van der Waals surface area (Å²) in [5.41, 5.74) is 10.5. The molecule has 0 saturated carbocycles. The number of piperidine rings is 1. The third-order valence-electron chi connectivity index (χ3n) is 4.52. The fraction of sp³-hybridized carbons (Fsp3) is 0.421. The molecular weight excluding hydrogens is 286 g/mol. The quantitative estimate of drug-likeness (QED) is 0.921. The van der Waals surface area contributed by atoms with E-state index in [0.717, 1.165) is 48.7 Å². The van der Waals surface area contributed by atoms with Crippen LogP contribution < -0.4 is 10.5 Å². The predicted molar refractivity (Wildman–Crippen MR) is 93.6 cm³/mol. The van der Waals surface area contributed by atoms with Crippen molar-refractivity contribution in [3.8, 4) is 5.75 Å². The monoisotopic (exact) mass is 311 g/mol. The van der Waals surface area contributed by atoms with Gasteiger partial charge in [-0.1, -0.05) is 18.6 Å². The summed E-state index contributed by atoms with van der Waals surface area (Å²) in [7, 11) is 1.69. The van der Waals surface area contributed by atoms with Gasteiger partial charge >= 0.3 is 0 Å². The number of nitrogens with zero attached hydrogens (tertiary/aromatic N) is 2. The number of nitrogen functional groups attached to an aromatic ring is 1. The summed E-state index contributed by atoms with van der Waals surface area (Å²) < 4.78 is 5.32. The van der Waals surface area contributed by atoms with Gasteiger partial charge in [0.2, 0.25) is 0 Å².